The van der Waals surface area contributed by atoms with Crippen molar-refractivity contribution < 1.29 is 19.1 Å². The number of nitrogens with zero attached hydrogens (tertiary/aromatic N) is 2. The summed E-state index contributed by atoms with van der Waals surface area (Å²) in [5, 5.41) is 0. The van der Waals surface area contributed by atoms with E-state index < -0.39 is 0 Å². The standard InChI is InChI=1S/C35H46N2O4/c1-23(2)37(31(39)14-10-6-9-13-25-11-7-5-8-12-25)28-17-16-27-29-21-26-15-18-30(40-4)33-32(26)35(27,34(28)41-33)19-20-36(29)22-24(3)38/h5,7-8,11-12,15,18,23,27-29,34H,6,9-10,13-14,16-17,19-22H2,1-4H3/t27-,28-,29+,34-,35-/m0/s1. The number of rotatable bonds is 11. The van der Waals surface area contributed by atoms with Crippen LogP contribution in [-0.4, -0.2) is 65.9 Å². The lowest BCUT2D eigenvalue weighted by atomic mass is 9.51. The van der Waals surface area contributed by atoms with Crippen molar-refractivity contribution >= 4 is 11.7 Å². The van der Waals surface area contributed by atoms with Crippen LogP contribution in [0.4, 0.5) is 0 Å². The summed E-state index contributed by atoms with van der Waals surface area (Å²) < 4.78 is 12.8. The molecule has 1 saturated carbocycles. The number of likely N-dealkylation sites (tertiary alicyclic amines) is 1. The molecule has 0 aromatic heterocycles. The second-order valence-electron chi connectivity index (χ2n) is 13.1. The van der Waals surface area contributed by atoms with E-state index in [1.807, 2.05) is 6.07 Å². The van der Waals surface area contributed by atoms with Gasteiger partial charge in [0, 0.05) is 29.5 Å². The fourth-order valence-electron chi connectivity index (χ4n) is 8.93. The lowest BCUT2D eigenvalue weighted by Crippen LogP contribution is -2.70. The van der Waals surface area contributed by atoms with Crippen LogP contribution in [0.3, 0.4) is 0 Å². The molecule has 6 heteroatoms. The fourth-order valence-corrected chi connectivity index (χ4v) is 8.93. The Hall–Kier alpha value is -2.86. The molecule has 2 aromatic rings. The third kappa shape index (κ3) is 4.86. The van der Waals surface area contributed by atoms with E-state index in [2.05, 4.69) is 60.0 Å². The Balaban J connectivity index is 1.24. The Morgan fingerprint density at radius 2 is 1.90 bits per heavy atom. The van der Waals surface area contributed by atoms with Crippen LogP contribution < -0.4 is 9.47 Å². The molecule has 220 valence electrons. The molecule has 0 N–H and O–H groups in total. The number of piperidine rings is 1. The van der Waals surface area contributed by atoms with Crippen LogP contribution in [-0.2, 0) is 27.8 Å². The number of ether oxygens (including phenoxy) is 2. The van der Waals surface area contributed by atoms with E-state index in [1.165, 1.54) is 16.7 Å². The van der Waals surface area contributed by atoms with E-state index in [1.54, 1.807) is 14.0 Å². The summed E-state index contributed by atoms with van der Waals surface area (Å²) in [7, 11) is 1.72. The summed E-state index contributed by atoms with van der Waals surface area (Å²) in [5.41, 5.74) is 3.90. The molecule has 41 heavy (non-hydrogen) atoms. The van der Waals surface area contributed by atoms with Crippen molar-refractivity contribution in [2.24, 2.45) is 5.92 Å². The van der Waals surface area contributed by atoms with Gasteiger partial charge in [-0.1, -0.05) is 42.8 Å². The SMILES string of the molecule is COc1ccc2c3c1O[C@H]1[C@@H](N(C(=O)CCCCCc4ccccc4)C(C)C)CC[C@H]4[C@@H](C2)N(CC(C)=O)CC[C@@]341. The molecule has 2 aliphatic heterocycles. The van der Waals surface area contributed by atoms with Crippen molar-refractivity contribution in [1.29, 1.82) is 0 Å². The molecule has 2 aromatic carbocycles. The van der Waals surface area contributed by atoms with Gasteiger partial charge in [0.15, 0.2) is 11.5 Å². The van der Waals surface area contributed by atoms with Gasteiger partial charge in [0.05, 0.1) is 19.7 Å². The molecule has 2 bridgehead atoms. The summed E-state index contributed by atoms with van der Waals surface area (Å²) in [5.74, 6) is 2.61. The number of Topliss-reactive ketones (excluding diaryl/α,β-unsaturated/α-hetero) is 1. The number of benzene rings is 2. The van der Waals surface area contributed by atoms with E-state index in [4.69, 9.17) is 9.47 Å². The van der Waals surface area contributed by atoms with Crippen LogP contribution in [0.25, 0.3) is 0 Å². The van der Waals surface area contributed by atoms with E-state index >= 15 is 0 Å². The van der Waals surface area contributed by atoms with Crippen molar-refractivity contribution in [2.45, 2.75) is 108 Å². The Morgan fingerprint density at radius 3 is 2.63 bits per heavy atom. The summed E-state index contributed by atoms with van der Waals surface area (Å²) in [4.78, 5) is 30.7. The van der Waals surface area contributed by atoms with Gasteiger partial charge in [-0.05, 0) is 95.4 Å². The van der Waals surface area contributed by atoms with Gasteiger partial charge in [-0.3, -0.25) is 14.5 Å². The molecule has 1 saturated heterocycles. The van der Waals surface area contributed by atoms with E-state index in [9.17, 15) is 9.59 Å². The van der Waals surface area contributed by atoms with Crippen LogP contribution in [0.1, 0.15) is 82.4 Å². The smallest absolute Gasteiger partial charge is 0.223 e. The lowest BCUT2D eigenvalue weighted by Gasteiger charge is -2.60. The summed E-state index contributed by atoms with van der Waals surface area (Å²) in [6.45, 7) is 7.43. The highest BCUT2D eigenvalue weighted by molar-refractivity contribution is 5.78. The minimum atomic E-state index is -0.137. The van der Waals surface area contributed by atoms with E-state index in [0.29, 0.717) is 24.9 Å². The quantitative estimate of drug-likeness (QED) is 0.330. The van der Waals surface area contributed by atoms with Crippen LogP contribution in [0.5, 0.6) is 11.5 Å². The number of carbonyl (C=O) groups is 2. The second kappa shape index (κ2) is 11.4. The maximum absolute atomic E-state index is 13.9. The molecule has 6 nitrogen and oxygen atoms in total. The molecule has 0 radical (unpaired) electrons. The molecular formula is C35H46N2O4. The minimum Gasteiger partial charge on any atom is -0.493 e. The molecule has 5 atom stereocenters. The van der Waals surface area contributed by atoms with E-state index in [-0.39, 0.29) is 35.3 Å². The second-order valence-corrected chi connectivity index (χ2v) is 13.1. The highest BCUT2D eigenvalue weighted by Crippen LogP contribution is 2.64. The first kappa shape index (κ1) is 28.3. The molecule has 2 heterocycles. The summed E-state index contributed by atoms with van der Waals surface area (Å²) >= 11 is 0. The van der Waals surface area contributed by atoms with Crippen molar-refractivity contribution in [3.05, 3.63) is 59.2 Å². The van der Waals surface area contributed by atoms with Gasteiger partial charge in [-0.15, -0.1) is 0 Å². The first-order valence-corrected chi connectivity index (χ1v) is 15.8. The highest BCUT2D eigenvalue weighted by atomic mass is 16.5. The minimum absolute atomic E-state index is 0.0335. The van der Waals surface area contributed by atoms with Gasteiger partial charge in [0.1, 0.15) is 11.9 Å². The number of hydrogen-bond donors (Lipinski definition) is 0. The number of amides is 1. The van der Waals surface area contributed by atoms with Crippen molar-refractivity contribution in [3.8, 4) is 11.5 Å². The summed E-state index contributed by atoms with van der Waals surface area (Å²) in [6, 6.07) is 15.3. The zero-order chi connectivity index (χ0) is 28.7. The zero-order valence-electron chi connectivity index (χ0n) is 25.2. The van der Waals surface area contributed by atoms with Gasteiger partial charge in [-0.2, -0.15) is 0 Å². The summed E-state index contributed by atoms with van der Waals surface area (Å²) in [6.07, 6.45) is 8.53. The first-order chi connectivity index (χ1) is 19.8. The van der Waals surface area contributed by atoms with Crippen LogP contribution in [0.15, 0.2) is 42.5 Å². The van der Waals surface area contributed by atoms with Gasteiger partial charge in [0.25, 0.3) is 0 Å². The molecular weight excluding hydrogens is 512 g/mol. The molecule has 4 aliphatic rings. The van der Waals surface area contributed by atoms with Gasteiger partial charge in [-0.25, -0.2) is 0 Å². The number of aryl methyl sites for hydroxylation is 1. The average molecular weight is 559 g/mol. The van der Waals surface area contributed by atoms with Crippen molar-refractivity contribution in [2.75, 3.05) is 20.2 Å². The Morgan fingerprint density at radius 1 is 1.10 bits per heavy atom. The van der Waals surface area contributed by atoms with Gasteiger partial charge >= 0.3 is 0 Å². The van der Waals surface area contributed by atoms with Gasteiger partial charge < -0.3 is 14.4 Å². The van der Waals surface area contributed by atoms with Crippen LogP contribution >= 0.6 is 0 Å². The fraction of sp³-hybridized carbons (Fsp3) is 0.600. The van der Waals surface area contributed by atoms with Crippen LogP contribution in [0, 0.1) is 5.92 Å². The molecule has 2 aliphatic carbocycles. The zero-order valence-corrected chi connectivity index (χ0v) is 25.2. The number of ketones is 1. The van der Waals surface area contributed by atoms with Crippen molar-refractivity contribution in [3.63, 3.8) is 0 Å². The predicted octanol–water partition coefficient (Wildman–Crippen LogP) is 5.73. The Bertz CT molecular complexity index is 1280. The number of carbonyl (C=O) groups excluding carboxylic acids is 2. The number of unbranched alkanes of at least 4 members (excludes halogenated alkanes) is 2. The largest absolute Gasteiger partial charge is 0.493 e. The van der Waals surface area contributed by atoms with Crippen molar-refractivity contribution in [1.82, 2.24) is 9.80 Å². The maximum atomic E-state index is 13.9. The molecule has 1 amide bonds. The molecule has 6 rings (SSSR count). The number of methoxy groups -OCH3 is 1. The monoisotopic (exact) mass is 558 g/mol. The number of hydrogen-bond acceptors (Lipinski definition) is 5. The molecule has 0 unspecified atom stereocenters. The van der Waals surface area contributed by atoms with E-state index in [0.717, 1.165) is 69.4 Å². The normalized spacial score (nSPS) is 27.7. The predicted molar refractivity (Wildman–Crippen MR) is 161 cm³/mol. The first-order valence-electron chi connectivity index (χ1n) is 15.8. The Kier molecular flexibility index (Phi) is 7.88. The van der Waals surface area contributed by atoms with Crippen LogP contribution in [0.2, 0.25) is 0 Å². The Labute approximate surface area is 245 Å². The topological polar surface area (TPSA) is 59.1 Å². The average Bonchev–Trinajstić information content (AvgIpc) is 3.30. The highest BCUT2D eigenvalue weighted by Gasteiger charge is 2.66. The third-order valence-corrected chi connectivity index (χ3v) is 10.4. The lowest BCUT2D eigenvalue weighted by molar-refractivity contribution is -0.146. The molecule has 2 fully saturated rings. The third-order valence-electron chi connectivity index (χ3n) is 10.4. The molecule has 1 spiro atoms. The maximum Gasteiger partial charge on any atom is 0.223 e. The van der Waals surface area contributed by atoms with Gasteiger partial charge in [0.2, 0.25) is 5.91 Å².